The summed E-state index contributed by atoms with van der Waals surface area (Å²) in [6.07, 6.45) is 5.43. The Labute approximate surface area is 107 Å². The second-order valence-corrected chi connectivity index (χ2v) is 5.04. The molecule has 2 atom stereocenters. The number of alkyl halides is 1. The van der Waals surface area contributed by atoms with Crippen LogP contribution in [-0.4, -0.2) is 36.0 Å². The maximum Gasteiger partial charge on any atom is 0.226 e. The van der Waals surface area contributed by atoms with Crippen molar-refractivity contribution < 1.29 is 0 Å². The van der Waals surface area contributed by atoms with E-state index in [1.807, 2.05) is 25.1 Å². The summed E-state index contributed by atoms with van der Waals surface area (Å²) in [5, 5.41) is 3.47. The van der Waals surface area contributed by atoms with E-state index in [-0.39, 0.29) is 0 Å². The second kappa shape index (κ2) is 5.54. The monoisotopic (exact) mass is 254 g/mol. The van der Waals surface area contributed by atoms with Gasteiger partial charge in [-0.2, -0.15) is 4.98 Å². The van der Waals surface area contributed by atoms with Gasteiger partial charge in [-0.05, 0) is 24.8 Å². The van der Waals surface area contributed by atoms with Crippen LogP contribution in [0.5, 0.6) is 0 Å². The molecule has 1 saturated carbocycles. The molecule has 17 heavy (non-hydrogen) atoms. The molecule has 1 aromatic heterocycles. The first kappa shape index (κ1) is 12.4. The van der Waals surface area contributed by atoms with Crippen molar-refractivity contribution in [1.29, 1.82) is 0 Å². The SMILES string of the molecule is CN(C)c1nccc(NC2CCCC2CCl)n1. The van der Waals surface area contributed by atoms with E-state index in [4.69, 9.17) is 11.6 Å². The van der Waals surface area contributed by atoms with Crippen LogP contribution < -0.4 is 10.2 Å². The van der Waals surface area contributed by atoms with E-state index in [9.17, 15) is 0 Å². The van der Waals surface area contributed by atoms with Crippen molar-refractivity contribution in [2.45, 2.75) is 25.3 Å². The van der Waals surface area contributed by atoms with E-state index in [0.717, 1.165) is 17.6 Å². The molecule has 1 aliphatic carbocycles. The van der Waals surface area contributed by atoms with Crippen molar-refractivity contribution in [3.8, 4) is 0 Å². The van der Waals surface area contributed by atoms with E-state index in [1.165, 1.54) is 19.3 Å². The number of anilines is 2. The molecule has 94 valence electrons. The number of hydrogen-bond acceptors (Lipinski definition) is 4. The zero-order valence-corrected chi connectivity index (χ0v) is 11.1. The number of nitrogens with zero attached hydrogens (tertiary/aromatic N) is 3. The Morgan fingerprint density at radius 3 is 3.00 bits per heavy atom. The number of hydrogen-bond donors (Lipinski definition) is 1. The Hall–Kier alpha value is -1.03. The normalized spacial score (nSPS) is 23.7. The first-order valence-corrected chi connectivity index (χ1v) is 6.57. The quantitative estimate of drug-likeness (QED) is 0.838. The summed E-state index contributed by atoms with van der Waals surface area (Å²) in [5.74, 6) is 2.92. The molecule has 0 bridgehead atoms. The molecule has 1 heterocycles. The average molecular weight is 255 g/mol. The van der Waals surface area contributed by atoms with Gasteiger partial charge in [0, 0.05) is 32.2 Å². The van der Waals surface area contributed by atoms with Crippen LogP contribution >= 0.6 is 11.6 Å². The Morgan fingerprint density at radius 2 is 2.29 bits per heavy atom. The molecule has 4 nitrogen and oxygen atoms in total. The molecule has 1 fully saturated rings. The molecule has 5 heteroatoms. The summed E-state index contributed by atoms with van der Waals surface area (Å²) in [5.41, 5.74) is 0. The average Bonchev–Trinajstić information content (AvgIpc) is 2.76. The van der Waals surface area contributed by atoms with Gasteiger partial charge in [0.15, 0.2) is 0 Å². The topological polar surface area (TPSA) is 41.1 Å². The molecular formula is C12H19ClN4. The fourth-order valence-electron chi connectivity index (χ4n) is 2.25. The van der Waals surface area contributed by atoms with Gasteiger partial charge >= 0.3 is 0 Å². The third-order valence-electron chi connectivity index (χ3n) is 3.23. The van der Waals surface area contributed by atoms with Gasteiger partial charge < -0.3 is 10.2 Å². The van der Waals surface area contributed by atoms with Crippen LogP contribution in [0.3, 0.4) is 0 Å². The van der Waals surface area contributed by atoms with Gasteiger partial charge in [0.25, 0.3) is 0 Å². The summed E-state index contributed by atoms with van der Waals surface area (Å²) in [7, 11) is 3.88. The lowest BCUT2D eigenvalue weighted by atomic mass is 10.1. The largest absolute Gasteiger partial charge is 0.367 e. The molecule has 0 aromatic carbocycles. The Morgan fingerprint density at radius 1 is 1.47 bits per heavy atom. The van der Waals surface area contributed by atoms with Crippen molar-refractivity contribution in [1.82, 2.24) is 9.97 Å². The van der Waals surface area contributed by atoms with Crippen LogP contribution in [0.15, 0.2) is 12.3 Å². The summed E-state index contributed by atoms with van der Waals surface area (Å²) in [4.78, 5) is 10.6. The lowest BCUT2D eigenvalue weighted by molar-refractivity contribution is 0.561. The predicted octanol–water partition coefficient (Wildman–Crippen LogP) is 2.36. The molecule has 1 N–H and O–H groups in total. The lowest BCUT2D eigenvalue weighted by Gasteiger charge is -2.20. The smallest absolute Gasteiger partial charge is 0.226 e. The first-order chi connectivity index (χ1) is 8.20. The molecule has 1 aromatic rings. The molecule has 1 aliphatic rings. The highest BCUT2D eigenvalue weighted by molar-refractivity contribution is 6.18. The van der Waals surface area contributed by atoms with Crippen molar-refractivity contribution in [3.63, 3.8) is 0 Å². The van der Waals surface area contributed by atoms with Crippen LogP contribution in [0.1, 0.15) is 19.3 Å². The highest BCUT2D eigenvalue weighted by Crippen LogP contribution is 2.29. The summed E-state index contributed by atoms with van der Waals surface area (Å²) < 4.78 is 0. The van der Waals surface area contributed by atoms with E-state index in [0.29, 0.717) is 12.0 Å². The van der Waals surface area contributed by atoms with E-state index in [1.54, 1.807) is 6.20 Å². The highest BCUT2D eigenvalue weighted by Gasteiger charge is 2.26. The van der Waals surface area contributed by atoms with E-state index < -0.39 is 0 Å². The molecular weight excluding hydrogens is 236 g/mol. The summed E-state index contributed by atoms with van der Waals surface area (Å²) >= 11 is 5.97. The minimum atomic E-state index is 0.456. The van der Waals surface area contributed by atoms with Crippen molar-refractivity contribution in [2.24, 2.45) is 5.92 Å². The van der Waals surface area contributed by atoms with Gasteiger partial charge in [-0.15, -0.1) is 11.6 Å². The van der Waals surface area contributed by atoms with Crippen molar-refractivity contribution >= 4 is 23.4 Å². The third kappa shape index (κ3) is 3.00. The van der Waals surface area contributed by atoms with Crippen LogP contribution in [0, 0.1) is 5.92 Å². The minimum absolute atomic E-state index is 0.456. The van der Waals surface area contributed by atoms with Gasteiger partial charge in [-0.3, -0.25) is 0 Å². The molecule has 2 rings (SSSR count). The van der Waals surface area contributed by atoms with Crippen molar-refractivity contribution in [3.05, 3.63) is 12.3 Å². The van der Waals surface area contributed by atoms with E-state index in [2.05, 4.69) is 15.3 Å². The van der Waals surface area contributed by atoms with Crippen LogP contribution in [0.4, 0.5) is 11.8 Å². The third-order valence-corrected chi connectivity index (χ3v) is 3.63. The minimum Gasteiger partial charge on any atom is -0.367 e. The molecule has 0 amide bonds. The fourth-order valence-corrected chi connectivity index (χ4v) is 2.62. The first-order valence-electron chi connectivity index (χ1n) is 6.03. The van der Waals surface area contributed by atoms with Gasteiger partial charge in [0.2, 0.25) is 5.95 Å². The maximum atomic E-state index is 5.97. The maximum absolute atomic E-state index is 5.97. The second-order valence-electron chi connectivity index (χ2n) is 4.73. The number of nitrogens with one attached hydrogen (secondary N) is 1. The van der Waals surface area contributed by atoms with Crippen LogP contribution in [0.2, 0.25) is 0 Å². The molecule has 2 unspecified atom stereocenters. The molecule has 0 spiro atoms. The van der Waals surface area contributed by atoms with Crippen LogP contribution in [0.25, 0.3) is 0 Å². The summed E-state index contributed by atoms with van der Waals surface area (Å²) in [6.45, 7) is 0. The zero-order chi connectivity index (χ0) is 12.3. The van der Waals surface area contributed by atoms with Gasteiger partial charge in [0.1, 0.15) is 5.82 Å². The van der Waals surface area contributed by atoms with Crippen LogP contribution in [-0.2, 0) is 0 Å². The fraction of sp³-hybridized carbons (Fsp3) is 0.667. The molecule has 0 saturated heterocycles. The Kier molecular flexibility index (Phi) is 4.05. The zero-order valence-electron chi connectivity index (χ0n) is 10.4. The molecule has 0 aliphatic heterocycles. The lowest BCUT2D eigenvalue weighted by Crippen LogP contribution is -2.26. The number of rotatable bonds is 4. The summed E-state index contributed by atoms with van der Waals surface area (Å²) in [6, 6.07) is 2.37. The standard InChI is InChI=1S/C12H19ClN4/c1-17(2)12-14-7-6-11(16-12)15-10-5-3-4-9(10)8-13/h6-7,9-10H,3-5,8H2,1-2H3,(H,14,15,16). The number of aromatic nitrogens is 2. The predicted molar refractivity (Wildman–Crippen MR) is 71.8 cm³/mol. The van der Waals surface area contributed by atoms with Gasteiger partial charge in [-0.1, -0.05) is 6.42 Å². The number of halogens is 1. The Bertz CT molecular complexity index is 369. The Balaban J connectivity index is 2.05. The van der Waals surface area contributed by atoms with E-state index >= 15 is 0 Å². The molecule has 0 radical (unpaired) electrons. The van der Waals surface area contributed by atoms with Gasteiger partial charge in [-0.25, -0.2) is 4.98 Å². The van der Waals surface area contributed by atoms with Gasteiger partial charge in [0.05, 0.1) is 0 Å². The highest BCUT2D eigenvalue weighted by atomic mass is 35.5. The van der Waals surface area contributed by atoms with Crippen molar-refractivity contribution in [2.75, 3.05) is 30.2 Å².